The number of aryl methyl sites for hydroxylation is 1. The van der Waals surface area contributed by atoms with Gasteiger partial charge in [0, 0.05) is 31.4 Å². The third-order valence-electron chi connectivity index (χ3n) is 4.78. The number of anilines is 1. The van der Waals surface area contributed by atoms with Crippen LogP contribution in [0, 0.1) is 6.92 Å². The van der Waals surface area contributed by atoms with Crippen LogP contribution in [0.2, 0.25) is 0 Å². The van der Waals surface area contributed by atoms with Crippen molar-refractivity contribution in [3.63, 3.8) is 0 Å². The Kier molecular flexibility index (Phi) is 5.86. The van der Waals surface area contributed by atoms with Gasteiger partial charge in [0.25, 0.3) is 5.91 Å². The number of carbonyl (C=O) groups is 1. The van der Waals surface area contributed by atoms with Crippen LogP contribution in [-0.4, -0.2) is 39.9 Å². The zero-order valence-corrected chi connectivity index (χ0v) is 16.0. The van der Waals surface area contributed by atoms with E-state index in [1.807, 2.05) is 36.1 Å². The number of hydrogen-bond donors (Lipinski definition) is 0. The van der Waals surface area contributed by atoms with Gasteiger partial charge in [-0.1, -0.05) is 30.3 Å². The monoisotopic (exact) mass is 352 g/mol. The SMILES string of the molecule is Cc1cc(C(=O)N2CCCCC2)nc(N(Cc2ccccc2)C(C)C)n1. The molecule has 138 valence electrons. The number of aromatic nitrogens is 2. The Balaban J connectivity index is 1.87. The molecule has 3 rings (SSSR count). The Hall–Kier alpha value is -2.43. The van der Waals surface area contributed by atoms with E-state index < -0.39 is 0 Å². The molecule has 1 aromatic heterocycles. The van der Waals surface area contributed by atoms with Gasteiger partial charge in [-0.25, -0.2) is 9.97 Å². The maximum absolute atomic E-state index is 12.9. The first-order chi connectivity index (χ1) is 12.5. The van der Waals surface area contributed by atoms with Crippen LogP contribution in [0.4, 0.5) is 5.95 Å². The molecule has 0 radical (unpaired) electrons. The molecule has 0 unspecified atom stereocenters. The molecular formula is C21H28N4O. The van der Waals surface area contributed by atoms with E-state index in [2.05, 4.69) is 40.8 Å². The minimum atomic E-state index is 0.0277. The first-order valence-electron chi connectivity index (χ1n) is 9.50. The topological polar surface area (TPSA) is 49.3 Å². The van der Waals surface area contributed by atoms with Gasteiger partial charge in [-0.3, -0.25) is 4.79 Å². The molecular weight excluding hydrogens is 324 g/mol. The minimum absolute atomic E-state index is 0.0277. The first kappa shape index (κ1) is 18.4. The van der Waals surface area contributed by atoms with Crippen LogP contribution in [-0.2, 0) is 6.54 Å². The molecule has 0 bridgehead atoms. The first-order valence-corrected chi connectivity index (χ1v) is 9.50. The quantitative estimate of drug-likeness (QED) is 0.821. The van der Waals surface area contributed by atoms with Gasteiger partial charge in [-0.2, -0.15) is 0 Å². The van der Waals surface area contributed by atoms with Crippen LogP contribution in [0.5, 0.6) is 0 Å². The van der Waals surface area contributed by atoms with E-state index in [1.54, 1.807) is 0 Å². The highest BCUT2D eigenvalue weighted by molar-refractivity contribution is 5.92. The van der Waals surface area contributed by atoms with Crippen molar-refractivity contribution in [3.8, 4) is 0 Å². The average molecular weight is 352 g/mol. The Morgan fingerprint density at radius 2 is 1.81 bits per heavy atom. The molecule has 0 saturated carbocycles. The van der Waals surface area contributed by atoms with Crippen molar-refractivity contribution in [2.45, 2.75) is 52.6 Å². The number of hydrogen-bond acceptors (Lipinski definition) is 4. The van der Waals surface area contributed by atoms with Gasteiger partial charge >= 0.3 is 0 Å². The molecule has 0 atom stereocenters. The normalized spacial score (nSPS) is 14.5. The standard InChI is InChI=1S/C21H28N4O/c1-16(2)25(15-18-10-6-4-7-11-18)21-22-17(3)14-19(23-21)20(26)24-12-8-5-9-13-24/h4,6-7,10-11,14,16H,5,8-9,12-13,15H2,1-3H3. The summed E-state index contributed by atoms with van der Waals surface area (Å²) in [7, 11) is 0. The van der Waals surface area contributed by atoms with E-state index in [-0.39, 0.29) is 11.9 Å². The molecule has 26 heavy (non-hydrogen) atoms. The third-order valence-corrected chi connectivity index (χ3v) is 4.78. The fraction of sp³-hybridized carbons (Fsp3) is 0.476. The molecule has 1 fully saturated rings. The van der Waals surface area contributed by atoms with Gasteiger partial charge in [0.1, 0.15) is 5.69 Å². The summed E-state index contributed by atoms with van der Waals surface area (Å²) in [4.78, 5) is 26.2. The van der Waals surface area contributed by atoms with Gasteiger partial charge in [0.05, 0.1) is 0 Å². The van der Waals surface area contributed by atoms with E-state index in [1.165, 1.54) is 12.0 Å². The lowest BCUT2D eigenvalue weighted by atomic mass is 10.1. The number of likely N-dealkylation sites (tertiary alicyclic amines) is 1. The summed E-state index contributed by atoms with van der Waals surface area (Å²) in [5, 5.41) is 0. The van der Waals surface area contributed by atoms with E-state index in [0.29, 0.717) is 11.6 Å². The zero-order valence-electron chi connectivity index (χ0n) is 16.0. The summed E-state index contributed by atoms with van der Waals surface area (Å²) in [6.45, 7) is 8.56. The van der Waals surface area contributed by atoms with Crippen molar-refractivity contribution in [3.05, 3.63) is 53.3 Å². The Labute approximate surface area is 156 Å². The molecule has 1 amide bonds. The number of piperidine rings is 1. The van der Waals surface area contributed by atoms with E-state index in [9.17, 15) is 4.79 Å². The molecule has 1 aromatic carbocycles. The van der Waals surface area contributed by atoms with Crippen LogP contribution in [0.3, 0.4) is 0 Å². The molecule has 5 heteroatoms. The molecule has 0 aliphatic carbocycles. The van der Waals surface area contributed by atoms with Crippen molar-refractivity contribution in [2.75, 3.05) is 18.0 Å². The number of amides is 1. The van der Waals surface area contributed by atoms with Crippen molar-refractivity contribution in [2.24, 2.45) is 0 Å². The molecule has 0 N–H and O–H groups in total. The van der Waals surface area contributed by atoms with Gasteiger partial charge in [-0.05, 0) is 51.7 Å². The van der Waals surface area contributed by atoms with Gasteiger partial charge < -0.3 is 9.80 Å². The van der Waals surface area contributed by atoms with Crippen LogP contribution in [0.25, 0.3) is 0 Å². The molecule has 1 saturated heterocycles. The molecule has 5 nitrogen and oxygen atoms in total. The predicted molar refractivity (Wildman–Crippen MR) is 104 cm³/mol. The van der Waals surface area contributed by atoms with Crippen LogP contribution in [0.15, 0.2) is 36.4 Å². The van der Waals surface area contributed by atoms with Gasteiger partial charge in [0.2, 0.25) is 5.95 Å². The van der Waals surface area contributed by atoms with Gasteiger partial charge in [-0.15, -0.1) is 0 Å². The zero-order chi connectivity index (χ0) is 18.5. The molecule has 1 aliphatic heterocycles. The summed E-state index contributed by atoms with van der Waals surface area (Å²) in [6.07, 6.45) is 3.36. The lowest BCUT2D eigenvalue weighted by molar-refractivity contribution is 0.0718. The summed E-state index contributed by atoms with van der Waals surface area (Å²) < 4.78 is 0. The fourth-order valence-corrected chi connectivity index (χ4v) is 3.31. The summed E-state index contributed by atoms with van der Waals surface area (Å²) >= 11 is 0. The van der Waals surface area contributed by atoms with Crippen molar-refractivity contribution >= 4 is 11.9 Å². The molecule has 1 aliphatic rings. The smallest absolute Gasteiger partial charge is 0.272 e. The maximum Gasteiger partial charge on any atom is 0.272 e. The number of carbonyl (C=O) groups excluding carboxylic acids is 1. The number of nitrogens with zero attached hydrogens (tertiary/aromatic N) is 4. The highest BCUT2D eigenvalue weighted by Crippen LogP contribution is 2.19. The van der Waals surface area contributed by atoms with Crippen LogP contribution < -0.4 is 4.90 Å². The fourth-order valence-electron chi connectivity index (χ4n) is 3.31. The lowest BCUT2D eigenvalue weighted by Crippen LogP contribution is -2.37. The van der Waals surface area contributed by atoms with E-state index in [4.69, 9.17) is 0 Å². The summed E-state index contributed by atoms with van der Waals surface area (Å²) in [5.74, 6) is 0.657. The van der Waals surface area contributed by atoms with E-state index in [0.717, 1.165) is 38.2 Å². The third kappa shape index (κ3) is 4.40. The Bertz CT molecular complexity index is 739. The van der Waals surface area contributed by atoms with Crippen LogP contribution >= 0.6 is 0 Å². The second-order valence-electron chi connectivity index (χ2n) is 7.25. The highest BCUT2D eigenvalue weighted by atomic mass is 16.2. The van der Waals surface area contributed by atoms with Crippen molar-refractivity contribution in [1.82, 2.24) is 14.9 Å². The minimum Gasteiger partial charge on any atom is -0.337 e. The second-order valence-corrected chi connectivity index (χ2v) is 7.25. The summed E-state index contributed by atoms with van der Waals surface area (Å²) in [6, 6.07) is 12.3. The number of rotatable bonds is 5. The maximum atomic E-state index is 12.9. The Morgan fingerprint density at radius 1 is 1.12 bits per heavy atom. The summed E-state index contributed by atoms with van der Waals surface area (Å²) in [5.41, 5.74) is 2.54. The second kappa shape index (κ2) is 8.30. The number of benzene rings is 1. The van der Waals surface area contributed by atoms with Gasteiger partial charge in [0.15, 0.2) is 0 Å². The molecule has 2 heterocycles. The largest absolute Gasteiger partial charge is 0.337 e. The Morgan fingerprint density at radius 3 is 2.46 bits per heavy atom. The van der Waals surface area contributed by atoms with E-state index >= 15 is 0 Å². The van der Waals surface area contributed by atoms with Crippen molar-refractivity contribution in [1.29, 1.82) is 0 Å². The lowest BCUT2D eigenvalue weighted by Gasteiger charge is -2.29. The van der Waals surface area contributed by atoms with Crippen LogP contribution in [0.1, 0.15) is 54.9 Å². The average Bonchev–Trinajstić information content (AvgIpc) is 2.66. The van der Waals surface area contributed by atoms with Crippen molar-refractivity contribution < 1.29 is 4.79 Å². The molecule has 0 spiro atoms. The molecule has 2 aromatic rings. The highest BCUT2D eigenvalue weighted by Gasteiger charge is 2.22. The predicted octanol–water partition coefficient (Wildman–Crippen LogP) is 3.83.